The van der Waals surface area contributed by atoms with Crippen LogP contribution in [0.25, 0.3) is 0 Å². The third-order valence-corrected chi connectivity index (χ3v) is 6.39. The fraction of sp³-hybridized carbons (Fsp3) is 0.231. The summed E-state index contributed by atoms with van der Waals surface area (Å²) in [5.74, 6) is 0.540. The smallest absolute Gasteiger partial charge is 0.196 e. The van der Waals surface area contributed by atoms with Gasteiger partial charge in [0.05, 0.1) is 7.11 Å². The summed E-state index contributed by atoms with van der Waals surface area (Å²) >= 11 is 1.20. The molecule has 2 rings (SSSR count). The molecule has 0 aliphatic rings. The SMILES string of the molecule is COc1ccccc1C(CN)S(=O)(=O)c1cccs1. The van der Waals surface area contributed by atoms with Crippen molar-refractivity contribution in [2.24, 2.45) is 5.73 Å². The van der Waals surface area contributed by atoms with Crippen LogP contribution in [0.5, 0.6) is 5.75 Å². The van der Waals surface area contributed by atoms with Gasteiger partial charge in [0.25, 0.3) is 0 Å². The molecular formula is C13H15NO3S2. The van der Waals surface area contributed by atoms with Crippen molar-refractivity contribution in [2.75, 3.05) is 13.7 Å². The minimum absolute atomic E-state index is 0.0145. The molecule has 1 heterocycles. The van der Waals surface area contributed by atoms with Crippen LogP contribution >= 0.6 is 11.3 Å². The monoisotopic (exact) mass is 297 g/mol. The Kier molecular flexibility index (Phi) is 4.24. The highest BCUT2D eigenvalue weighted by atomic mass is 32.2. The van der Waals surface area contributed by atoms with Gasteiger partial charge in [-0.2, -0.15) is 0 Å². The van der Waals surface area contributed by atoms with Gasteiger partial charge in [-0.05, 0) is 17.5 Å². The van der Waals surface area contributed by atoms with E-state index in [1.807, 2.05) is 0 Å². The molecule has 0 amide bonds. The molecule has 0 aliphatic heterocycles. The van der Waals surface area contributed by atoms with Gasteiger partial charge in [0, 0.05) is 12.1 Å². The minimum Gasteiger partial charge on any atom is -0.496 e. The number of hydrogen-bond donors (Lipinski definition) is 1. The Balaban J connectivity index is 2.52. The first kappa shape index (κ1) is 14.0. The molecule has 102 valence electrons. The normalized spacial score (nSPS) is 13.2. The Morgan fingerprint density at radius 3 is 2.58 bits per heavy atom. The molecule has 0 spiro atoms. The molecule has 2 N–H and O–H groups in total. The number of hydrogen-bond acceptors (Lipinski definition) is 5. The van der Waals surface area contributed by atoms with Crippen molar-refractivity contribution >= 4 is 21.2 Å². The van der Waals surface area contributed by atoms with E-state index in [2.05, 4.69) is 0 Å². The van der Waals surface area contributed by atoms with Gasteiger partial charge in [0.15, 0.2) is 9.84 Å². The lowest BCUT2D eigenvalue weighted by atomic mass is 10.1. The summed E-state index contributed by atoms with van der Waals surface area (Å²) in [5.41, 5.74) is 6.29. The highest BCUT2D eigenvalue weighted by molar-refractivity contribution is 7.93. The Bertz CT molecular complexity index is 636. The maximum absolute atomic E-state index is 12.6. The molecule has 0 bridgehead atoms. The van der Waals surface area contributed by atoms with Crippen LogP contribution in [0, 0.1) is 0 Å². The molecule has 1 unspecified atom stereocenters. The second-order valence-corrected chi connectivity index (χ2v) is 7.25. The van der Waals surface area contributed by atoms with Crippen LogP contribution in [0.2, 0.25) is 0 Å². The van der Waals surface area contributed by atoms with Crippen molar-refractivity contribution in [1.82, 2.24) is 0 Å². The number of nitrogens with two attached hydrogens (primary N) is 1. The summed E-state index contributed by atoms with van der Waals surface area (Å²) in [7, 11) is -1.96. The molecule has 1 atom stereocenters. The van der Waals surface area contributed by atoms with E-state index in [0.717, 1.165) is 0 Å². The third-order valence-electron chi connectivity index (χ3n) is 2.85. The van der Waals surface area contributed by atoms with E-state index in [1.165, 1.54) is 18.4 Å². The van der Waals surface area contributed by atoms with Crippen LogP contribution in [0.3, 0.4) is 0 Å². The molecule has 1 aromatic heterocycles. The minimum atomic E-state index is -3.48. The number of methoxy groups -OCH3 is 1. The van der Waals surface area contributed by atoms with Gasteiger partial charge in [-0.25, -0.2) is 8.42 Å². The zero-order valence-corrected chi connectivity index (χ0v) is 12.1. The van der Waals surface area contributed by atoms with Crippen LogP contribution in [0.4, 0.5) is 0 Å². The molecular weight excluding hydrogens is 282 g/mol. The second-order valence-electron chi connectivity index (χ2n) is 3.94. The summed E-state index contributed by atoms with van der Waals surface area (Å²) in [5, 5.41) is 0.949. The highest BCUT2D eigenvalue weighted by Gasteiger charge is 2.30. The lowest BCUT2D eigenvalue weighted by Gasteiger charge is -2.17. The van der Waals surface area contributed by atoms with E-state index in [4.69, 9.17) is 10.5 Å². The number of ether oxygens (including phenoxy) is 1. The van der Waals surface area contributed by atoms with Gasteiger partial charge in [0.1, 0.15) is 15.2 Å². The van der Waals surface area contributed by atoms with Crippen molar-refractivity contribution in [2.45, 2.75) is 9.46 Å². The molecule has 1 aromatic carbocycles. The number of thiophene rings is 1. The summed E-state index contributed by atoms with van der Waals surface area (Å²) in [6, 6.07) is 10.4. The number of para-hydroxylation sites is 1. The quantitative estimate of drug-likeness (QED) is 0.919. The molecule has 0 radical (unpaired) electrons. The lowest BCUT2D eigenvalue weighted by Crippen LogP contribution is -2.22. The van der Waals surface area contributed by atoms with Gasteiger partial charge in [-0.1, -0.05) is 24.3 Å². The fourth-order valence-electron chi connectivity index (χ4n) is 1.92. The number of benzene rings is 1. The summed E-state index contributed by atoms with van der Waals surface area (Å²) in [6.07, 6.45) is 0. The van der Waals surface area contributed by atoms with Gasteiger partial charge < -0.3 is 10.5 Å². The van der Waals surface area contributed by atoms with Crippen LogP contribution in [0.1, 0.15) is 10.8 Å². The predicted molar refractivity (Wildman–Crippen MR) is 76.3 cm³/mol. The molecule has 0 saturated carbocycles. The van der Waals surface area contributed by atoms with Crippen LogP contribution < -0.4 is 10.5 Å². The lowest BCUT2D eigenvalue weighted by molar-refractivity contribution is 0.408. The Labute approximate surface area is 116 Å². The topological polar surface area (TPSA) is 69.4 Å². The first-order chi connectivity index (χ1) is 9.11. The van der Waals surface area contributed by atoms with E-state index in [-0.39, 0.29) is 6.54 Å². The second kappa shape index (κ2) is 5.73. The molecule has 19 heavy (non-hydrogen) atoms. The van der Waals surface area contributed by atoms with Crippen molar-refractivity contribution < 1.29 is 13.2 Å². The van der Waals surface area contributed by atoms with Crippen LogP contribution in [-0.2, 0) is 9.84 Å². The van der Waals surface area contributed by atoms with Crippen LogP contribution in [-0.4, -0.2) is 22.1 Å². The van der Waals surface area contributed by atoms with Gasteiger partial charge in [-0.15, -0.1) is 11.3 Å². The highest BCUT2D eigenvalue weighted by Crippen LogP contribution is 2.35. The predicted octanol–water partition coefficient (Wildman–Crippen LogP) is 2.23. The molecule has 0 saturated heterocycles. The standard InChI is InChI=1S/C13H15NO3S2/c1-17-11-6-3-2-5-10(11)12(9-14)19(15,16)13-7-4-8-18-13/h2-8,12H,9,14H2,1H3. The van der Waals surface area contributed by atoms with Crippen molar-refractivity contribution in [3.8, 4) is 5.75 Å². The summed E-state index contributed by atoms with van der Waals surface area (Å²) in [4.78, 5) is 0. The van der Waals surface area contributed by atoms with E-state index in [1.54, 1.807) is 41.8 Å². The number of rotatable bonds is 5. The largest absolute Gasteiger partial charge is 0.496 e. The van der Waals surface area contributed by atoms with E-state index < -0.39 is 15.1 Å². The zero-order chi connectivity index (χ0) is 13.9. The summed E-state index contributed by atoms with van der Waals surface area (Å²) in [6.45, 7) is 0.0145. The van der Waals surface area contributed by atoms with Crippen LogP contribution in [0.15, 0.2) is 46.0 Å². The van der Waals surface area contributed by atoms with Crippen molar-refractivity contribution in [3.63, 3.8) is 0 Å². The molecule has 0 fully saturated rings. The Hall–Kier alpha value is -1.37. The average Bonchev–Trinajstić information content (AvgIpc) is 2.94. The van der Waals surface area contributed by atoms with E-state index >= 15 is 0 Å². The zero-order valence-electron chi connectivity index (χ0n) is 10.4. The van der Waals surface area contributed by atoms with Gasteiger partial charge in [0.2, 0.25) is 0 Å². The van der Waals surface area contributed by atoms with E-state index in [0.29, 0.717) is 15.5 Å². The molecule has 4 nitrogen and oxygen atoms in total. The van der Waals surface area contributed by atoms with Crippen molar-refractivity contribution in [1.29, 1.82) is 0 Å². The van der Waals surface area contributed by atoms with Gasteiger partial charge in [-0.3, -0.25) is 0 Å². The Morgan fingerprint density at radius 1 is 1.26 bits per heavy atom. The van der Waals surface area contributed by atoms with Crippen molar-refractivity contribution in [3.05, 3.63) is 47.3 Å². The fourth-order valence-corrected chi connectivity index (χ4v) is 4.75. The van der Waals surface area contributed by atoms with Gasteiger partial charge >= 0.3 is 0 Å². The third kappa shape index (κ3) is 2.65. The number of sulfone groups is 1. The van der Waals surface area contributed by atoms with E-state index in [9.17, 15) is 8.42 Å². The molecule has 6 heteroatoms. The Morgan fingerprint density at radius 2 is 2.00 bits per heavy atom. The maximum Gasteiger partial charge on any atom is 0.196 e. The summed E-state index contributed by atoms with van der Waals surface area (Å²) < 4.78 is 30.7. The molecule has 2 aromatic rings. The first-order valence-electron chi connectivity index (χ1n) is 5.71. The maximum atomic E-state index is 12.6. The first-order valence-corrected chi connectivity index (χ1v) is 8.14. The average molecular weight is 297 g/mol. The molecule has 0 aliphatic carbocycles.